The van der Waals surface area contributed by atoms with Crippen molar-refractivity contribution >= 4 is 22.1 Å². The number of aryl methyl sites for hydroxylation is 1. The van der Waals surface area contributed by atoms with Crippen LogP contribution in [0.3, 0.4) is 0 Å². The highest BCUT2D eigenvalue weighted by Gasteiger charge is 2.50. The van der Waals surface area contributed by atoms with Crippen LogP contribution in [-0.2, 0) is 19.6 Å². The second kappa shape index (κ2) is 4.78. The zero-order chi connectivity index (χ0) is 15.1. The predicted octanol–water partition coefficient (Wildman–Crippen LogP) is 0.978. The van der Waals surface area contributed by atoms with Crippen molar-refractivity contribution in [2.75, 3.05) is 0 Å². The number of hydrogen-bond acceptors (Lipinski definition) is 5. The van der Waals surface area contributed by atoms with Gasteiger partial charge in [-0.2, -0.15) is 4.31 Å². The smallest absolute Gasteiger partial charge is 0.425 e. The Kier molecular flexibility index (Phi) is 3.43. The van der Waals surface area contributed by atoms with Gasteiger partial charge in [0.1, 0.15) is 6.10 Å². The lowest BCUT2D eigenvalue weighted by Crippen LogP contribution is -2.45. The molecule has 1 N–H and O–H groups in total. The molecule has 2 rings (SSSR count). The molecule has 20 heavy (non-hydrogen) atoms. The Morgan fingerprint density at radius 2 is 1.85 bits per heavy atom. The highest BCUT2D eigenvalue weighted by molar-refractivity contribution is 7.89. The molecule has 0 saturated carbocycles. The normalized spacial score (nSPS) is 22.7. The molecule has 1 aliphatic rings. The maximum absolute atomic E-state index is 12.4. The molecule has 2 atom stereocenters. The molecule has 1 saturated heterocycles. The molecule has 0 unspecified atom stereocenters. The highest BCUT2D eigenvalue weighted by Crippen LogP contribution is 2.27. The van der Waals surface area contributed by atoms with E-state index in [0.29, 0.717) is 0 Å². The van der Waals surface area contributed by atoms with Crippen LogP contribution in [0.2, 0.25) is 0 Å². The minimum absolute atomic E-state index is 0.152. The molecule has 1 fully saturated rings. The molecule has 0 radical (unpaired) electrons. The largest absolute Gasteiger partial charge is 0.480 e. The Labute approximate surface area is 115 Å². The average Bonchev–Trinajstić information content (AvgIpc) is 2.65. The van der Waals surface area contributed by atoms with Crippen LogP contribution in [0.15, 0.2) is 29.2 Å². The van der Waals surface area contributed by atoms with E-state index in [2.05, 4.69) is 0 Å². The lowest BCUT2D eigenvalue weighted by atomic mass is 10.2. The van der Waals surface area contributed by atoms with Crippen molar-refractivity contribution in [1.29, 1.82) is 0 Å². The summed E-state index contributed by atoms with van der Waals surface area (Å²) in [5.74, 6) is -1.43. The summed E-state index contributed by atoms with van der Waals surface area (Å²) in [5.41, 5.74) is 0.844. The number of ether oxygens (including phenoxy) is 1. The molecular formula is C12H13NO6S. The molecule has 0 aromatic heterocycles. The summed E-state index contributed by atoms with van der Waals surface area (Å²) in [6, 6.07) is 4.20. The number of carboxylic acid groups (broad SMARTS) is 1. The zero-order valence-corrected chi connectivity index (χ0v) is 11.6. The number of hydrogen-bond donors (Lipinski definition) is 1. The third kappa shape index (κ3) is 2.22. The van der Waals surface area contributed by atoms with Gasteiger partial charge >= 0.3 is 12.1 Å². The van der Waals surface area contributed by atoms with Crippen LogP contribution in [0.5, 0.6) is 0 Å². The Morgan fingerprint density at radius 3 is 2.35 bits per heavy atom. The topological polar surface area (TPSA) is 101 Å². The number of cyclic esters (lactones) is 1. The summed E-state index contributed by atoms with van der Waals surface area (Å²) in [7, 11) is -4.25. The highest BCUT2D eigenvalue weighted by atomic mass is 32.2. The van der Waals surface area contributed by atoms with E-state index < -0.39 is 34.2 Å². The molecule has 0 bridgehead atoms. The van der Waals surface area contributed by atoms with E-state index in [1.54, 1.807) is 19.1 Å². The number of carbonyl (C=O) groups is 2. The first-order chi connectivity index (χ1) is 9.25. The first kappa shape index (κ1) is 14.3. The number of sulfonamides is 1. The van der Waals surface area contributed by atoms with Crippen molar-refractivity contribution in [3.63, 3.8) is 0 Å². The van der Waals surface area contributed by atoms with Gasteiger partial charge in [-0.15, -0.1) is 0 Å². The zero-order valence-electron chi connectivity index (χ0n) is 10.8. The van der Waals surface area contributed by atoms with Crippen molar-refractivity contribution in [2.45, 2.75) is 30.9 Å². The molecule has 0 spiro atoms. The van der Waals surface area contributed by atoms with Gasteiger partial charge in [-0.25, -0.2) is 18.0 Å². The number of benzene rings is 1. The lowest BCUT2D eigenvalue weighted by molar-refractivity contribution is -0.141. The van der Waals surface area contributed by atoms with E-state index in [-0.39, 0.29) is 9.20 Å². The van der Waals surface area contributed by atoms with Crippen molar-refractivity contribution in [3.05, 3.63) is 29.8 Å². The molecule has 1 amide bonds. The standard InChI is InChI=1S/C12H13NO6S/c1-7-3-5-9(6-4-7)20(17,18)13-10(11(14)15)8(2)19-12(13)16/h3-6,8,10H,1-2H3,(H,14,15)/t8-,10+/m1/s1. The Balaban J connectivity index is 2.49. The third-order valence-corrected chi connectivity index (χ3v) is 4.76. The average molecular weight is 299 g/mol. The van der Waals surface area contributed by atoms with E-state index in [9.17, 15) is 18.0 Å². The lowest BCUT2D eigenvalue weighted by Gasteiger charge is -2.19. The summed E-state index contributed by atoms with van der Waals surface area (Å²) >= 11 is 0. The number of carboxylic acids is 1. The molecule has 8 heteroatoms. The monoisotopic (exact) mass is 299 g/mol. The van der Waals surface area contributed by atoms with Crippen molar-refractivity contribution in [2.24, 2.45) is 0 Å². The number of carbonyl (C=O) groups excluding carboxylic acids is 1. The van der Waals surface area contributed by atoms with Gasteiger partial charge in [0.2, 0.25) is 0 Å². The van der Waals surface area contributed by atoms with E-state index in [1.165, 1.54) is 19.1 Å². The van der Waals surface area contributed by atoms with Crippen LogP contribution in [0.1, 0.15) is 12.5 Å². The van der Waals surface area contributed by atoms with Crippen molar-refractivity contribution < 1.29 is 27.9 Å². The summed E-state index contributed by atoms with van der Waals surface area (Å²) < 4.78 is 29.7. The Morgan fingerprint density at radius 1 is 1.30 bits per heavy atom. The van der Waals surface area contributed by atoms with Crippen molar-refractivity contribution in [1.82, 2.24) is 4.31 Å². The first-order valence-electron chi connectivity index (χ1n) is 5.79. The van der Waals surface area contributed by atoms with Gasteiger partial charge in [0.15, 0.2) is 6.04 Å². The Bertz CT molecular complexity index is 651. The third-order valence-electron chi connectivity index (χ3n) is 2.99. The summed E-state index contributed by atoms with van der Waals surface area (Å²) in [6.45, 7) is 3.12. The molecule has 108 valence electrons. The Hall–Kier alpha value is -2.09. The van der Waals surface area contributed by atoms with Gasteiger partial charge in [-0.1, -0.05) is 17.7 Å². The molecule has 1 aliphatic heterocycles. The van der Waals surface area contributed by atoms with Gasteiger partial charge in [0.05, 0.1) is 4.90 Å². The molecule has 7 nitrogen and oxygen atoms in total. The van der Waals surface area contributed by atoms with Gasteiger partial charge in [-0.3, -0.25) is 0 Å². The van der Waals surface area contributed by atoms with Gasteiger partial charge in [-0.05, 0) is 26.0 Å². The fraction of sp³-hybridized carbons (Fsp3) is 0.333. The minimum atomic E-state index is -4.25. The van der Waals surface area contributed by atoms with E-state index in [4.69, 9.17) is 9.84 Å². The maximum Gasteiger partial charge on any atom is 0.425 e. The van der Waals surface area contributed by atoms with Crippen molar-refractivity contribution in [3.8, 4) is 0 Å². The van der Waals surface area contributed by atoms with Gasteiger partial charge in [0, 0.05) is 0 Å². The van der Waals surface area contributed by atoms with Crippen LogP contribution in [0, 0.1) is 6.92 Å². The molecule has 1 aromatic rings. The summed E-state index contributed by atoms with van der Waals surface area (Å²) in [6.07, 6.45) is -2.22. The number of rotatable bonds is 3. The second-order valence-corrected chi connectivity index (χ2v) is 6.30. The van der Waals surface area contributed by atoms with Crippen LogP contribution in [-0.4, -0.2) is 42.0 Å². The SMILES string of the molecule is Cc1ccc(S(=O)(=O)N2C(=O)O[C@H](C)[C@H]2C(=O)O)cc1. The number of aliphatic carboxylic acids is 1. The summed E-state index contributed by atoms with van der Waals surface area (Å²) in [4.78, 5) is 22.7. The first-order valence-corrected chi connectivity index (χ1v) is 7.23. The summed E-state index contributed by atoms with van der Waals surface area (Å²) in [5, 5.41) is 9.09. The van der Waals surface area contributed by atoms with Crippen LogP contribution >= 0.6 is 0 Å². The second-order valence-electron chi connectivity index (χ2n) is 4.49. The molecule has 1 heterocycles. The van der Waals surface area contributed by atoms with Crippen LogP contribution in [0.4, 0.5) is 4.79 Å². The molecular weight excluding hydrogens is 286 g/mol. The number of nitrogens with zero attached hydrogens (tertiary/aromatic N) is 1. The molecule has 0 aliphatic carbocycles. The fourth-order valence-electron chi connectivity index (χ4n) is 1.95. The number of amides is 1. The van der Waals surface area contributed by atoms with E-state index in [0.717, 1.165) is 5.56 Å². The molecule has 1 aromatic carbocycles. The van der Waals surface area contributed by atoms with Gasteiger partial charge < -0.3 is 9.84 Å². The van der Waals surface area contributed by atoms with Crippen LogP contribution < -0.4 is 0 Å². The van der Waals surface area contributed by atoms with E-state index in [1.807, 2.05) is 0 Å². The maximum atomic E-state index is 12.4. The fourth-order valence-corrected chi connectivity index (χ4v) is 3.46. The minimum Gasteiger partial charge on any atom is -0.480 e. The van der Waals surface area contributed by atoms with E-state index >= 15 is 0 Å². The predicted molar refractivity (Wildman–Crippen MR) is 67.6 cm³/mol. The quantitative estimate of drug-likeness (QED) is 0.892. The van der Waals surface area contributed by atoms with Gasteiger partial charge in [0.25, 0.3) is 10.0 Å². The van der Waals surface area contributed by atoms with Crippen LogP contribution in [0.25, 0.3) is 0 Å².